The maximum Gasteiger partial charge on any atom is 0.326 e. The third-order valence-corrected chi connectivity index (χ3v) is 3.55. The van der Waals surface area contributed by atoms with Crippen molar-refractivity contribution >= 4 is 17.5 Å². The highest BCUT2D eigenvalue weighted by Gasteiger charge is 2.33. The SMILES string of the molecule is CCC[C@H]1NC(=O)N(c2ccccc2)C(C)=C1C(C)=O. The van der Waals surface area contributed by atoms with Gasteiger partial charge in [0.15, 0.2) is 5.78 Å². The Bertz CT molecular complexity index is 549. The van der Waals surface area contributed by atoms with Gasteiger partial charge in [0.1, 0.15) is 0 Å². The van der Waals surface area contributed by atoms with Gasteiger partial charge in [-0.25, -0.2) is 4.79 Å². The fourth-order valence-electron chi connectivity index (χ4n) is 2.70. The molecule has 0 spiro atoms. The number of rotatable bonds is 4. The second kappa shape index (κ2) is 5.90. The molecule has 0 saturated heterocycles. The van der Waals surface area contributed by atoms with E-state index in [1.165, 1.54) is 0 Å². The molecular weight excluding hydrogens is 252 g/mol. The number of anilines is 1. The molecule has 1 aromatic rings. The molecule has 0 fully saturated rings. The number of hydrogen-bond donors (Lipinski definition) is 1. The van der Waals surface area contributed by atoms with Gasteiger partial charge in [0.05, 0.1) is 11.7 Å². The third kappa shape index (κ3) is 2.59. The lowest BCUT2D eigenvalue weighted by Crippen LogP contribution is -2.51. The molecule has 1 N–H and O–H groups in total. The van der Waals surface area contributed by atoms with Crippen LogP contribution in [0.2, 0.25) is 0 Å². The first kappa shape index (κ1) is 14.3. The first-order valence-electron chi connectivity index (χ1n) is 6.93. The van der Waals surface area contributed by atoms with Gasteiger partial charge in [-0.15, -0.1) is 0 Å². The Morgan fingerprint density at radius 2 is 1.95 bits per heavy atom. The van der Waals surface area contributed by atoms with E-state index in [0.717, 1.165) is 24.2 Å². The Balaban J connectivity index is 2.48. The van der Waals surface area contributed by atoms with Gasteiger partial charge in [-0.2, -0.15) is 0 Å². The van der Waals surface area contributed by atoms with Crippen LogP contribution in [0.15, 0.2) is 41.6 Å². The first-order valence-corrected chi connectivity index (χ1v) is 6.93. The molecule has 1 heterocycles. The number of nitrogens with zero attached hydrogens (tertiary/aromatic N) is 1. The summed E-state index contributed by atoms with van der Waals surface area (Å²) in [4.78, 5) is 25.8. The smallest absolute Gasteiger partial charge is 0.326 e. The van der Waals surface area contributed by atoms with Gasteiger partial charge in [0.25, 0.3) is 0 Å². The molecular formula is C16H20N2O2. The van der Waals surface area contributed by atoms with Crippen LogP contribution in [0.25, 0.3) is 0 Å². The lowest BCUT2D eigenvalue weighted by molar-refractivity contribution is -0.114. The lowest BCUT2D eigenvalue weighted by Gasteiger charge is -2.35. The molecule has 0 aromatic heterocycles. The van der Waals surface area contributed by atoms with Crippen LogP contribution in [0, 0.1) is 0 Å². The Morgan fingerprint density at radius 3 is 2.50 bits per heavy atom. The van der Waals surface area contributed by atoms with Crippen molar-refractivity contribution < 1.29 is 9.59 Å². The van der Waals surface area contributed by atoms with Crippen LogP contribution in [0.1, 0.15) is 33.6 Å². The maximum atomic E-state index is 12.3. The van der Waals surface area contributed by atoms with E-state index in [2.05, 4.69) is 5.32 Å². The molecule has 1 aromatic carbocycles. The zero-order valence-electron chi connectivity index (χ0n) is 12.1. The van der Waals surface area contributed by atoms with Crippen molar-refractivity contribution in [2.24, 2.45) is 0 Å². The quantitative estimate of drug-likeness (QED) is 0.914. The standard InChI is InChI=1S/C16H20N2O2/c1-4-8-14-15(12(3)19)11(2)18(16(20)17-14)13-9-6-5-7-10-13/h5-7,9-10,14H,4,8H2,1-3H3,(H,17,20)/t14-/m1/s1. The number of amides is 2. The normalized spacial score (nSPS) is 19.1. The van der Waals surface area contributed by atoms with Crippen molar-refractivity contribution in [3.63, 3.8) is 0 Å². The number of para-hydroxylation sites is 1. The first-order chi connectivity index (χ1) is 9.56. The molecule has 4 nitrogen and oxygen atoms in total. The average molecular weight is 272 g/mol. The predicted octanol–water partition coefficient (Wildman–Crippen LogP) is 3.25. The summed E-state index contributed by atoms with van der Waals surface area (Å²) in [6.07, 6.45) is 1.70. The van der Waals surface area contributed by atoms with Gasteiger partial charge in [-0.3, -0.25) is 9.69 Å². The fourth-order valence-corrected chi connectivity index (χ4v) is 2.70. The number of allylic oxidation sites excluding steroid dienone is 1. The van der Waals surface area contributed by atoms with Crippen LogP contribution in [-0.2, 0) is 4.79 Å². The van der Waals surface area contributed by atoms with Crippen LogP contribution < -0.4 is 10.2 Å². The van der Waals surface area contributed by atoms with Gasteiger partial charge in [0.2, 0.25) is 0 Å². The Labute approximate surface area is 119 Å². The van der Waals surface area contributed by atoms with E-state index < -0.39 is 0 Å². The summed E-state index contributed by atoms with van der Waals surface area (Å²) >= 11 is 0. The number of benzene rings is 1. The Kier molecular flexibility index (Phi) is 4.23. The van der Waals surface area contributed by atoms with Crippen LogP contribution in [0.3, 0.4) is 0 Å². The van der Waals surface area contributed by atoms with Gasteiger partial charge < -0.3 is 5.32 Å². The van der Waals surface area contributed by atoms with E-state index >= 15 is 0 Å². The van der Waals surface area contributed by atoms with E-state index in [0.29, 0.717) is 5.57 Å². The molecule has 0 aliphatic carbocycles. The number of urea groups is 1. The molecule has 4 heteroatoms. The van der Waals surface area contributed by atoms with Gasteiger partial charge >= 0.3 is 6.03 Å². The summed E-state index contributed by atoms with van der Waals surface area (Å²) < 4.78 is 0. The van der Waals surface area contributed by atoms with Crippen LogP contribution >= 0.6 is 0 Å². The summed E-state index contributed by atoms with van der Waals surface area (Å²) in [5.74, 6) is 0.0156. The molecule has 2 rings (SSSR count). The molecule has 20 heavy (non-hydrogen) atoms. The predicted molar refractivity (Wildman–Crippen MR) is 79.5 cm³/mol. The van der Waals surface area contributed by atoms with E-state index in [4.69, 9.17) is 0 Å². The van der Waals surface area contributed by atoms with Crippen LogP contribution in [0.4, 0.5) is 10.5 Å². The number of Topliss-reactive ketones (excluding diaryl/α,β-unsaturated/α-hetero) is 1. The third-order valence-electron chi connectivity index (χ3n) is 3.55. The molecule has 1 aliphatic rings. The zero-order chi connectivity index (χ0) is 14.7. The number of carbonyl (C=O) groups excluding carboxylic acids is 2. The van der Waals surface area contributed by atoms with Crippen molar-refractivity contribution in [1.29, 1.82) is 0 Å². The van der Waals surface area contributed by atoms with E-state index in [1.807, 2.05) is 44.2 Å². The zero-order valence-corrected chi connectivity index (χ0v) is 12.1. The van der Waals surface area contributed by atoms with E-state index in [9.17, 15) is 9.59 Å². The van der Waals surface area contributed by atoms with Gasteiger partial charge in [-0.05, 0) is 32.4 Å². The van der Waals surface area contributed by atoms with Crippen molar-refractivity contribution in [2.75, 3.05) is 4.90 Å². The number of carbonyl (C=O) groups is 2. The highest BCUT2D eigenvalue weighted by molar-refractivity contribution is 6.04. The summed E-state index contributed by atoms with van der Waals surface area (Å²) in [5.41, 5.74) is 2.21. The summed E-state index contributed by atoms with van der Waals surface area (Å²) in [6.45, 7) is 5.44. The number of nitrogens with one attached hydrogen (secondary N) is 1. The van der Waals surface area contributed by atoms with E-state index in [-0.39, 0.29) is 17.9 Å². The molecule has 0 radical (unpaired) electrons. The minimum Gasteiger partial charge on any atom is -0.330 e. The second-order valence-electron chi connectivity index (χ2n) is 5.02. The molecule has 0 saturated carbocycles. The molecule has 0 bridgehead atoms. The minimum absolute atomic E-state index is 0.0156. The number of ketones is 1. The van der Waals surface area contributed by atoms with Crippen molar-refractivity contribution in [2.45, 2.75) is 39.7 Å². The van der Waals surface area contributed by atoms with Crippen LogP contribution in [0.5, 0.6) is 0 Å². The second-order valence-corrected chi connectivity index (χ2v) is 5.02. The Morgan fingerprint density at radius 1 is 1.30 bits per heavy atom. The molecule has 2 amide bonds. The highest BCUT2D eigenvalue weighted by atomic mass is 16.2. The molecule has 1 atom stereocenters. The van der Waals surface area contributed by atoms with Crippen molar-refractivity contribution in [3.8, 4) is 0 Å². The monoisotopic (exact) mass is 272 g/mol. The van der Waals surface area contributed by atoms with Gasteiger partial charge in [-0.1, -0.05) is 31.5 Å². The van der Waals surface area contributed by atoms with Crippen LogP contribution in [-0.4, -0.2) is 17.9 Å². The molecule has 106 valence electrons. The van der Waals surface area contributed by atoms with E-state index in [1.54, 1.807) is 11.8 Å². The Hall–Kier alpha value is -2.10. The van der Waals surface area contributed by atoms with Gasteiger partial charge in [0, 0.05) is 11.3 Å². The summed E-state index contributed by atoms with van der Waals surface area (Å²) in [7, 11) is 0. The summed E-state index contributed by atoms with van der Waals surface area (Å²) in [5, 5.41) is 2.94. The maximum absolute atomic E-state index is 12.3. The topological polar surface area (TPSA) is 49.4 Å². The molecule has 1 aliphatic heterocycles. The lowest BCUT2D eigenvalue weighted by atomic mass is 9.95. The number of hydrogen-bond acceptors (Lipinski definition) is 2. The van der Waals surface area contributed by atoms with Crippen molar-refractivity contribution in [3.05, 3.63) is 41.6 Å². The molecule has 0 unspecified atom stereocenters. The fraction of sp³-hybridized carbons (Fsp3) is 0.375. The average Bonchev–Trinajstić information content (AvgIpc) is 2.39. The highest BCUT2D eigenvalue weighted by Crippen LogP contribution is 2.28. The minimum atomic E-state index is -0.176. The van der Waals surface area contributed by atoms with Crippen molar-refractivity contribution in [1.82, 2.24) is 5.32 Å². The summed E-state index contributed by atoms with van der Waals surface area (Å²) in [6, 6.07) is 9.03. The largest absolute Gasteiger partial charge is 0.330 e.